The number of fused-ring (bicyclic) bond motifs is 1. The summed E-state index contributed by atoms with van der Waals surface area (Å²) in [6, 6.07) is 8.31. The number of aromatic nitrogens is 2. The molecule has 3 rings (SSSR count). The van der Waals surface area contributed by atoms with Gasteiger partial charge < -0.3 is 4.90 Å². The lowest BCUT2D eigenvalue weighted by atomic mass is 9.81. The molecule has 0 amide bonds. The SMILES string of the molecule is CN(C)c1nc(C[C@H]2CC[C@@H](C)CC2)nc2ccccc12. The van der Waals surface area contributed by atoms with E-state index < -0.39 is 0 Å². The van der Waals surface area contributed by atoms with Gasteiger partial charge in [-0.2, -0.15) is 0 Å². The van der Waals surface area contributed by atoms with Crippen LogP contribution in [-0.4, -0.2) is 24.1 Å². The van der Waals surface area contributed by atoms with Crippen molar-refractivity contribution < 1.29 is 0 Å². The van der Waals surface area contributed by atoms with Crippen molar-refractivity contribution in [1.82, 2.24) is 9.97 Å². The second-order valence-electron chi connectivity index (χ2n) is 6.71. The second-order valence-corrected chi connectivity index (χ2v) is 6.71. The molecule has 0 radical (unpaired) electrons. The van der Waals surface area contributed by atoms with E-state index in [9.17, 15) is 0 Å². The van der Waals surface area contributed by atoms with Crippen molar-refractivity contribution in [1.29, 1.82) is 0 Å². The van der Waals surface area contributed by atoms with Crippen LogP contribution in [0.25, 0.3) is 10.9 Å². The van der Waals surface area contributed by atoms with Crippen molar-refractivity contribution in [2.24, 2.45) is 11.8 Å². The molecule has 0 spiro atoms. The normalized spacial score (nSPS) is 22.4. The predicted molar refractivity (Wildman–Crippen MR) is 88.7 cm³/mol. The van der Waals surface area contributed by atoms with Gasteiger partial charge in [-0.3, -0.25) is 0 Å². The second kappa shape index (κ2) is 6.00. The highest BCUT2D eigenvalue weighted by atomic mass is 15.1. The largest absolute Gasteiger partial charge is 0.362 e. The number of nitrogens with zero attached hydrogens (tertiary/aromatic N) is 3. The van der Waals surface area contributed by atoms with Crippen LogP contribution in [0.2, 0.25) is 0 Å². The fraction of sp³-hybridized carbons (Fsp3) is 0.556. The number of para-hydroxylation sites is 1. The van der Waals surface area contributed by atoms with E-state index in [0.29, 0.717) is 0 Å². The van der Waals surface area contributed by atoms with Crippen LogP contribution in [0.15, 0.2) is 24.3 Å². The van der Waals surface area contributed by atoms with Gasteiger partial charge in [-0.15, -0.1) is 0 Å². The van der Waals surface area contributed by atoms with E-state index in [1.807, 2.05) is 0 Å². The molecule has 1 heterocycles. The Kier molecular flexibility index (Phi) is 4.09. The van der Waals surface area contributed by atoms with E-state index in [2.05, 4.69) is 50.2 Å². The first-order valence-electron chi connectivity index (χ1n) is 8.06. The molecular formula is C18H25N3. The predicted octanol–water partition coefficient (Wildman–Crippen LogP) is 4.06. The molecule has 1 aromatic heterocycles. The summed E-state index contributed by atoms with van der Waals surface area (Å²) in [7, 11) is 4.11. The van der Waals surface area contributed by atoms with Crippen LogP contribution < -0.4 is 4.90 Å². The van der Waals surface area contributed by atoms with Crippen molar-refractivity contribution in [2.45, 2.75) is 39.0 Å². The van der Waals surface area contributed by atoms with Crippen molar-refractivity contribution in [3.05, 3.63) is 30.1 Å². The van der Waals surface area contributed by atoms with Crippen LogP contribution in [0, 0.1) is 11.8 Å². The van der Waals surface area contributed by atoms with Crippen LogP contribution in [0.4, 0.5) is 5.82 Å². The Bertz CT molecular complexity index is 613. The molecule has 2 aromatic rings. The van der Waals surface area contributed by atoms with E-state index in [4.69, 9.17) is 9.97 Å². The summed E-state index contributed by atoms with van der Waals surface area (Å²) in [4.78, 5) is 11.7. The topological polar surface area (TPSA) is 29.0 Å². The van der Waals surface area contributed by atoms with E-state index in [1.165, 1.54) is 25.7 Å². The zero-order chi connectivity index (χ0) is 14.8. The smallest absolute Gasteiger partial charge is 0.139 e. The molecule has 21 heavy (non-hydrogen) atoms. The third-order valence-electron chi connectivity index (χ3n) is 4.66. The van der Waals surface area contributed by atoms with Gasteiger partial charge in [-0.25, -0.2) is 9.97 Å². The highest BCUT2D eigenvalue weighted by Gasteiger charge is 2.20. The molecule has 1 aliphatic carbocycles. The first-order chi connectivity index (χ1) is 10.1. The quantitative estimate of drug-likeness (QED) is 0.850. The molecule has 1 fully saturated rings. The van der Waals surface area contributed by atoms with Crippen LogP contribution in [0.3, 0.4) is 0 Å². The van der Waals surface area contributed by atoms with Crippen LogP contribution in [0.5, 0.6) is 0 Å². The molecule has 1 aliphatic rings. The number of anilines is 1. The van der Waals surface area contributed by atoms with E-state index in [0.717, 1.165) is 40.8 Å². The van der Waals surface area contributed by atoms with Gasteiger partial charge in [-0.05, 0) is 36.8 Å². The van der Waals surface area contributed by atoms with Crippen LogP contribution >= 0.6 is 0 Å². The third kappa shape index (κ3) is 3.17. The molecule has 0 aliphatic heterocycles. The summed E-state index contributed by atoms with van der Waals surface area (Å²) in [5.74, 6) is 3.71. The molecule has 3 nitrogen and oxygen atoms in total. The monoisotopic (exact) mass is 283 g/mol. The number of hydrogen-bond acceptors (Lipinski definition) is 3. The average Bonchev–Trinajstić information content (AvgIpc) is 2.48. The summed E-state index contributed by atoms with van der Waals surface area (Å²) in [6.45, 7) is 2.37. The van der Waals surface area contributed by atoms with Crippen molar-refractivity contribution in [2.75, 3.05) is 19.0 Å². The first kappa shape index (κ1) is 14.3. The standard InChI is InChI=1S/C18H25N3/c1-13-8-10-14(11-9-13)12-17-19-16-7-5-4-6-15(16)18(20-17)21(2)3/h4-7,13-14H,8-12H2,1-3H3/t13-,14+. The molecule has 0 atom stereocenters. The highest BCUT2D eigenvalue weighted by Crippen LogP contribution is 2.31. The minimum absolute atomic E-state index is 0.761. The maximum atomic E-state index is 4.83. The summed E-state index contributed by atoms with van der Waals surface area (Å²) in [5.41, 5.74) is 1.07. The lowest BCUT2D eigenvalue weighted by molar-refractivity contribution is 0.286. The zero-order valence-corrected chi connectivity index (χ0v) is 13.3. The lowest BCUT2D eigenvalue weighted by Crippen LogP contribution is -2.17. The molecule has 1 aromatic carbocycles. The molecule has 0 unspecified atom stereocenters. The fourth-order valence-corrected chi connectivity index (χ4v) is 3.33. The number of benzene rings is 1. The molecule has 3 heteroatoms. The summed E-state index contributed by atoms with van der Waals surface area (Å²) in [5, 5.41) is 1.14. The Morgan fingerprint density at radius 2 is 1.76 bits per heavy atom. The zero-order valence-electron chi connectivity index (χ0n) is 13.3. The lowest BCUT2D eigenvalue weighted by Gasteiger charge is -2.26. The average molecular weight is 283 g/mol. The van der Waals surface area contributed by atoms with Crippen LogP contribution in [-0.2, 0) is 6.42 Å². The van der Waals surface area contributed by atoms with Crippen molar-refractivity contribution in [3.63, 3.8) is 0 Å². The Hall–Kier alpha value is -1.64. The fourth-order valence-electron chi connectivity index (χ4n) is 3.33. The summed E-state index contributed by atoms with van der Waals surface area (Å²) < 4.78 is 0. The molecule has 0 saturated heterocycles. The molecule has 1 saturated carbocycles. The molecule has 0 bridgehead atoms. The highest BCUT2D eigenvalue weighted by molar-refractivity contribution is 5.89. The van der Waals surface area contributed by atoms with Gasteiger partial charge in [0.25, 0.3) is 0 Å². The maximum absolute atomic E-state index is 4.83. The third-order valence-corrected chi connectivity index (χ3v) is 4.66. The van der Waals surface area contributed by atoms with E-state index >= 15 is 0 Å². The summed E-state index contributed by atoms with van der Waals surface area (Å²) >= 11 is 0. The van der Waals surface area contributed by atoms with Gasteiger partial charge in [-0.1, -0.05) is 31.9 Å². The Morgan fingerprint density at radius 1 is 1.05 bits per heavy atom. The van der Waals surface area contributed by atoms with Gasteiger partial charge in [0.2, 0.25) is 0 Å². The van der Waals surface area contributed by atoms with Gasteiger partial charge in [0, 0.05) is 25.9 Å². The summed E-state index contributed by atoms with van der Waals surface area (Å²) in [6.07, 6.45) is 6.40. The molecular weight excluding hydrogens is 258 g/mol. The Balaban J connectivity index is 1.88. The van der Waals surface area contributed by atoms with Gasteiger partial charge >= 0.3 is 0 Å². The van der Waals surface area contributed by atoms with Gasteiger partial charge in [0.15, 0.2) is 0 Å². The van der Waals surface area contributed by atoms with Gasteiger partial charge in [0.05, 0.1) is 5.52 Å². The van der Waals surface area contributed by atoms with E-state index in [1.54, 1.807) is 0 Å². The number of hydrogen-bond donors (Lipinski definition) is 0. The van der Waals surface area contributed by atoms with Crippen molar-refractivity contribution >= 4 is 16.7 Å². The maximum Gasteiger partial charge on any atom is 0.139 e. The van der Waals surface area contributed by atoms with E-state index in [-0.39, 0.29) is 0 Å². The van der Waals surface area contributed by atoms with Crippen molar-refractivity contribution in [3.8, 4) is 0 Å². The first-order valence-corrected chi connectivity index (χ1v) is 8.06. The Labute approximate surface area is 127 Å². The minimum atomic E-state index is 0.761. The number of rotatable bonds is 3. The molecule has 0 N–H and O–H groups in total. The minimum Gasteiger partial charge on any atom is -0.362 e. The van der Waals surface area contributed by atoms with Gasteiger partial charge in [0.1, 0.15) is 11.6 Å². The Morgan fingerprint density at radius 3 is 2.48 bits per heavy atom. The van der Waals surface area contributed by atoms with Crippen LogP contribution in [0.1, 0.15) is 38.4 Å². The molecule has 112 valence electrons.